The van der Waals surface area contributed by atoms with Crippen LogP contribution < -0.4 is 5.32 Å². The zero-order valence-corrected chi connectivity index (χ0v) is 14.1. The number of fused-ring (bicyclic) bond motifs is 1. The van der Waals surface area contributed by atoms with Crippen LogP contribution in [0.15, 0.2) is 36.7 Å². The molecule has 4 rings (SSSR count). The van der Waals surface area contributed by atoms with Crippen LogP contribution in [0.5, 0.6) is 0 Å². The van der Waals surface area contributed by atoms with Gasteiger partial charge < -0.3 is 10.1 Å². The predicted molar refractivity (Wildman–Crippen MR) is 90.6 cm³/mol. The van der Waals surface area contributed by atoms with Crippen molar-refractivity contribution in [1.29, 1.82) is 0 Å². The molecule has 7 nitrogen and oxygen atoms in total. The van der Waals surface area contributed by atoms with E-state index >= 15 is 0 Å². The summed E-state index contributed by atoms with van der Waals surface area (Å²) < 4.78 is 7.36. The van der Waals surface area contributed by atoms with E-state index in [0.29, 0.717) is 18.4 Å². The standard InChI is InChI=1S/C18H23N5O2/c24-18(20-15-7-4-8-17-14(15)9-10-25-17)16(23-12-19-21-22-23)11-13-5-2-1-3-6-13/h1-3,5-6,12,14-17H,4,7-11H2,(H,20,24)/t14-,15-,16-,17+/m1/s1. The van der Waals surface area contributed by atoms with Crippen molar-refractivity contribution in [2.24, 2.45) is 5.92 Å². The third kappa shape index (κ3) is 3.56. The van der Waals surface area contributed by atoms with E-state index in [1.807, 2.05) is 30.3 Å². The highest BCUT2D eigenvalue weighted by Crippen LogP contribution is 2.34. The van der Waals surface area contributed by atoms with E-state index in [1.165, 1.54) is 6.33 Å². The SMILES string of the molecule is O=C(N[C@@H]1CCC[C@@H]2OCC[C@@H]21)[C@@H](Cc1ccccc1)n1cnnn1. The first-order chi connectivity index (χ1) is 12.3. The minimum absolute atomic E-state index is 0.0197. The number of aromatic nitrogens is 4. The number of benzene rings is 1. The van der Waals surface area contributed by atoms with Crippen molar-refractivity contribution < 1.29 is 9.53 Å². The third-order valence-corrected chi connectivity index (χ3v) is 5.37. The molecular weight excluding hydrogens is 318 g/mol. The Bertz CT molecular complexity index is 691. The number of nitrogens with one attached hydrogen (secondary N) is 1. The second kappa shape index (κ2) is 7.31. The Hall–Kier alpha value is -2.28. The molecule has 1 amide bonds. The van der Waals surface area contributed by atoms with E-state index in [0.717, 1.165) is 37.9 Å². The molecule has 1 saturated carbocycles. The van der Waals surface area contributed by atoms with Gasteiger partial charge in [-0.2, -0.15) is 0 Å². The number of ether oxygens (including phenoxy) is 1. The zero-order valence-electron chi connectivity index (χ0n) is 14.1. The summed E-state index contributed by atoms with van der Waals surface area (Å²) in [5.74, 6) is 0.414. The molecule has 2 fully saturated rings. The molecule has 1 aromatic carbocycles. The van der Waals surface area contributed by atoms with E-state index in [2.05, 4.69) is 20.8 Å². The second-order valence-corrected chi connectivity index (χ2v) is 6.90. The largest absolute Gasteiger partial charge is 0.378 e. The Balaban J connectivity index is 1.49. The number of rotatable bonds is 5. The monoisotopic (exact) mass is 341 g/mol. The Labute approximate surface area is 146 Å². The van der Waals surface area contributed by atoms with Gasteiger partial charge >= 0.3 is 0 Å². The summed E-state index contributed by atoms with van der Waals surface area (Å²) in [6.45, 7) is 0.808. The fourth-order valence-corrected chi connectivity index (χ4v) is 4.09. The van der Waals surface area contributed by atoms with Gasteiger partial charge in [0.05, 0.1) is 6.10 Å². The molecule has 4 atom stereocenters. The van der Waals surface area contributed by atoms with E-state index < -0.39 is 6.04 Å². The molecule has 2 heterocycles. The normalized spacial score (nSPS) is 26.8. The molecule has 0 bridgehead atoms. The van der Waals surface area contributed by atoms with Gasteiger partial charge in [-0.25, -0.2) is 4.68 Å². The number of nitrogens with zero attached hydrogens (tertiary/aromatic N) is 4. The molecule has 132 valence electrons. The van der Waals surface area contributed by atoms with Crippen molar-refractivity contribution >= 4 is 5.91 Å². The van der Waals surface area contributed by atoms with Crippen molar-refractivity contribution in [2.45, 2.75) is 50.3 Å². The minimum Gasteiger partial charge on any atom is -0.378 e. The Morgan fingerprint density at radius 3 is 2.96 bits per heavy atom. The van der Waals surface area contributed by atoms with Crippen LogP contribution in [0.3, 0.4) is 0 Å². The fraction of sp³-hybridized carbons (Fsp3) is 0.556. The lowest BCUT2D eigenvalue weighted by Gasteiger charge is -2.34. The van der Waals surface area contributed by atoms with Crippen LogP contribution in [0.25, 0.3) is 0 Å². The lowest BCUT2D eigenvalue weighted by Crippen LogP contribution is -2.48. The number of amides is 1. The highest BCUT2D eigenvalue weighted by Gasteiger charge is 2.39. The molecule has 1 saturated heterocycles. The average molecular weight is 341 g/mol. The highest BCUT2D eigenvalue weighted by atomic mass is 16.5. The maximum atomic E-state index is 13.0. The number of carbonyl (C=O) groups excluding carboxylic acids is 1. The third-order valence-electron chi connectivity index (χ3n) is 5.37. The van der Waals surface area contributed by atoms with E-state index in [1.54, 1.807) is 4.68 Å². The quantitative estimate of drug-likeness (QED) is 0.892. The molecule has 1 N–H and O–H groups in total. The molecule has 0 radical (unpaired) electrons. The van der Waals surface area contributed by atoms with Crippen LogP contribution in [0.4, 0.5) is 0 Å². The van der Waals surface area contributed by atoms with Gasteiger partial charge in [-0.05, 0) is 41.7 Å². The molecule has 2 aromatic rings. The van der Waals surface area contributed by atoms with Gasteiger partial charge in [0.25, 0.3) is 0 Å². The topological polar surface area (TPSA) is 81.9 Å². The second-order valence-electron chi connectivity index (χ2n) is 6.90. The van der Waals surface area contributed by atoms with Gasteiger partial charge in [0, 0.05) is 25.0 Å². The van der Waals surface area contributed by atoms with Crippen molar-refractivity contribution in [3.8, 4) is 0 Å². The lowest BCUT2D eigenvalue weighted by molar-refractivity contribution is -0.126. The summed E-state index contributed by atoms with van der Waals surface area (Å²) in [5, 5.41) is 14.6. The maximum Gasteiger partial charge on any atom is 0.245 e. The molecule has 0 spiro atoms. The first-order valence-corrected chi connectivity index (χ1v) is 8.99. The van der Waals surface area contributed by atoms with Crippen LogP contribution in [-0.4, -0.2) is 44.9 Å². The van der Waals surface area contributed by atoms with Gasteiger partial charge in [-0.15, -0.1) is 5.10 Å². The highest BCUT2D eigenvalue weighted by molar-refractivity contribution is 5.80. The van der Waals surface area contributed by atoms with Crippen molar-refractivity contribution in [3.05, 3.63) is 42.2 Å². The van der Waals surface area contributed by atoms with Gasteiger partial charge in [-0.1, -0.05) is 30.3 Å². The maximum absolute atomic E-state index is 13.0. The van der Waals surface area contributed by atoms with E-state index in [-0.39, 0.29) is 11.9 Å². The summed E-state index contributed by atoms with van der Waals surface area (Å²) >= 11 is 0. The summed E-state index contributed by atoms with van der Waals surface area (Å²) in [6.07, 6.45) is 6.63. The number of hydrogen-bond donors (Lipinski definition) is 1. The van der Waals surface area contributed by atoms with Gasteiger partial charge in [0.15, 0.2) is 0 Å². The van der Waals surface area contributed by atoms with Gasteiger partial charge in [0.2, 0.25) is 5.91 Å². The summed E-state index contributed by atoms with van der Waals surface area (Å²) in [4.78, 5) is 13.0. The summed E-state index contributed by atoms with van der Waals surface area (Å²) in [5.41, 5.74) is 1.09. The summed E-state index contributed by atoms with van der Waals surface area (Å²) in [6, 6.07) is 9.70. The van der Waals surface area contributed by atoms with Crippen LogP contribution in [0.2, 0.25) is 0 Å². The van der Waals surface area contributed by atoms with Crippen molar-refractivity contribution in [3.63, 3.8) is 0 Å². The predicted octanol–water partition coefficient (Wildman–Crippen LogP) is 1.53. The molecule has 2 aliphatic rings. The Kier molecular flexibility index (Phi) is 4.74. The summed E-state index contributed by atoms with van der Waals surface area (Å²) in [7, 11) is 0. The van der Waals surface area contributed by atoms with Crippen LogP contribution in [0, 0.1) is 5.92 Å². The lowest BCUT2D eigenvalue weighted by atomic mass is 9.81. The van der Waals surface area contributed by atoms with Crippen LogP contribution in [-0.2, 0) is 16.0 Å². The molecule has 7 heteroatoms. The van der Waals surface area contributed by atoms with Crippen LogP contribution >= 0.6 is 0 Å². The van der Waals surface area contributed by atoms with Gasteiger partial charge in [0.1, 0.15) is 12.4 Å². The molecular formula is C18H23N5O2. The average Bonchev–Trinajstić information content (AvgIpc) is 3.32. The van der Waals surface area contributed by atoms with Crippen LogP contribution in [0.1, 0.15) is 37.3 Å². The first kappa shape index (κ1) is 16.2. The zero-order chi connectivity index (χ0) is 17.1. The molecule has 1 aromatic heterocycles. The molecule has 1 aliphatic carbocycles. The Morgan fingerprint density at radius 1 is 1.28 bits per heavy atom. The van der Waals surface area contributed by atoms with Gasteiger partial charge in [-0.3, -0.25) is 4.79 Å². The number of hydrogen-bond acceptors (Lipinski definition) is 5. The Morgan fingerprint density at radius 2 is 2.16 bits per heavy atom. The first-order valence-electron chi connectivity index (χ1n) is 8.99. The van der Waals surface area contributed by atoms with E-state index in [4.69, 9.17) is 4.74 Å². The van der Waals surface area contributed by atoms with E-state index in [9.17, 15) is 4.79 Å². The molecule has 1 aliphatic heterocycles. The minimum atomic E-state index is -0.444. The smallest absolute Gasteiger partial charge is 0.245 e. The molecule has 0 unspecified atom stereocenters. The van der Waals surface area contributed by atoms with Crippen molar-refractivity contribution in [1.82, 2.24) is 25.5 Å². The molecule has 25 heavy (non-hydrogen) atoms. The number of carbonyl (C=O) groups is 1. The van der Waals surface area contributed by atoms with Crippen molar-refractivity contribution in [2.75, 3.05) is 6.61 Å². The fourth-order valence-electron chi connectivity index (χ4n) is 4.09. The number of tetrazole rings is 1.